The lowest BCUT2D eigenvalue weighted by molar-refractivity contribution is -0.644. The molecule has 1 heterocycles. The van der Waals surface area contributed by atoms with Gasteiger partial charge in [-0.3, -0.25) is 10.5 Å². The number of para-hydroxylation sites is 2. The minimum absolute atomic E-state index is 0. The van der Waals surface area contributed by atoms with E-state index in [1.54, 1.807) is 6.92 Å². The summed E-state index contributed by atoms with van der Waals surface area (Å²) in [6, 6.07) is 8.00. The van der Waals surface area contributed by atoms with Gasteiger partial charge in [0.05, 0.1) is 6.54 Å². The van der Waals surface area contributed by atoms with E-state index >= 15 is 0 Å². The number of carbonyl (C=O) groups excluding carboxylic acids is 1. The molecule has 5 heteroatoms. The SMILES string of the molecule is Br.CCCn1c(N)[n+](CC(C)=O)c2ccccc21. The summed E-state index contributed by atoms with van der Waals surface area (Å²) in [6.45, 7) is 4.90. The zero-order valence-electron chi connectivity index (χ0n) is 10.7. The van der Waals surface area contributed by atoms with Gasteiger partial charge in [0.15, 0.2) is 5.78 Å². The minimum atomic E-state index is 0. The van der Waals surface area contributed by atoms with Gasteiger partial charge in [-0.25, -0.2) is 9.13 Å². The normalized spacial score (nSPS) is 10.3. The molecule has 0 atom stereocenters. The van der Waals surface area contributed by atoms with E-state index in [1.165, 1.54) is 0 Å². The maximum atomic E-state index is 11.3. The molecule has 2 N–H and O–H groups in total. The highest BCUT2D eigenvalue weighted by Gasteiger charge is 2.20. The van der Waals surface area contributed by atoms with E-state index in [1.807, 2.05) is 28.8 Å². The summed E-state index contributed by atoms with van der Waals surface area (Å²) in [6.07, 6.45) is 1.02. The Labute approximate surface area is 117 Å². The molecule has 98 valence electrons. The molecule has 1 aromatic carbocycles. The average Bonchev–Trinajstić information content (AvgIpc) is 2.55. The summed E-state index contributed by atoms with van der Waals surface area (Å²) < 4.78 is 3.95. The summed E-state index contributed by atoms with van der Waals surface area (Å²) in [5.41, 5.74) is 8.24. The number of hydrogen-bond donors (Lipinski definition) is 1. The highest BCUT2D eigenvalue weighted by atomic mass is 79.9. The van der Waals surface area contributed by atoms with Crippen LogP contribution < -0.4 is 10.3 Å². The van der Waals surface area contributed by atoms with Crippen molar-refractivity contribution in [1.29, 1.82) is 0 Å². The first-order chi connectivity index (χ1) is 8.15. The van der Waals surface area contributed by atoms with Gasteiger partial charge in [0, 0.05) is 0 Å². The number of anilines is 1. The summed E-state index contributed by atoms with van der Waals surface area (Å²) >= 11 is 0. The second-order valence-corrected chi connectivity index (χ2v) is 4.29. The van der Waals surface area contributed by atoms with E-state index < -0.39 is 0 Å². The van der Waals surface area contributed by atoms with Crippen molar-refractivity contribution in [2.75, 3.05) is 5.73 Å². The molecule has 0 spiro atoms. The second kappa shape index (κ2) is 6.00. The van der Waals surface area contributed by atoms with E-state index in [0.29, 0.717) is 12.5 Å². The Morgan fingerprint density at radius 1 is 1.39 bits per heavy atom. The highest BCUT2D eigenvalue weighted by molar-refractivity contribution is 8.93. The zero-order chi connectivity index (χ0) is 12.4. The third-order valence-electron chi connectivity index (χ3n) is 2.84. The van der Waals surface area contributed by atoms with E-state index in [2.05, 4.69) is 11.5 Å². The van der Waals surface area contributed by atoms with Gasteiger partial charge in [-0.1, -0.05) is 19.1 Å². The number of nitrogens with zero attached hydrogens (tertiary/aromatic N) is 2. The number of aromatic nitrogens is 2. The Kier molecular flexibility index (Phi) is 4.90. The summed E-state index contributed by atoms with van der Waals surface area (Å²) in [4.78, 5) is 11.3. The molecular formula is C13H19BrN3O+. The Morgan fingerprint density at radius 2 is 2.06 bits per heavy atom. The van der Waals surface area contributed by atoms with Crippen molar-refractivity contribution in [3.8, 4) is 0 Å². The lowest BCUT2D eigenvalue weighted by Crippen LogP contribution is -2.39. The third-order valence-corrected chi connectivity index (χ3v) is 2.84. The molecule has 18 heavy (non-hydrogen) atoms. The number of benzene rings is 1. The predicted octanol–water partition coefficient (Wildman–Crippen LogP) is 2.09. The molecule has 2 aromatic rings. The number of Topliss-reactive ketones (excluding diaryl/α,β-unsaturated/α-hetero) is 1. The number of nitrogens with two attached hydrogens (primary N) is 1. The van der Waals surface area contributed by atoms with Crippen molar-refractivity contribution in [2.24, 2.45) is 0 Å². The third kappa shape index (κ3) is 2.56. The molecule has 0 fully saturated rings. The number of halogens is 1. The zero-order valence-corrected chi connectivity index (χ0v) is 12.4. The lowest BCUT2D eigenvalue weighted by atomic mass is 10.3. The molecule has 0 bridgehead atoms. The van der Waals surface area contributed by atoms with Crippen LogP contribution in [0.4, 0.5) is 5.95 Å². The van der Waals surface area contributed by atoms with Crippen LogP contribution in [0.15, 0.2) is 24.3 Å². The fourth-order valence-electron chi connectivity index (χ4n) is 2.16. The smallest absolute Gasteiger partial charge is 0.296 e. The molecule has 4 nitrogen and oxygen atoms in total. The van der Waals surface area contributed by atoms with Gasteiger partial charge >= 0.3 is 5.95 Å². The quantitative estimate of drug-likeness (QED) is 0.879. The molecule has 0 aliphatic rings. The van der Waals surface area contributed by atoms with E-state index in [-0.39, 0.29) is 22.8 Å². The van der Waals surface area contributed by atoms with Crippen LogP contribution in [0.1, 0.15) is 20.3 Å². The van der Waals surface area contributed by atoms with Gasteiger partial charge in [-0.2, -0.15) is 0 Å². The number of nitrogen functional groups attached to an aromatic ring is 1. The van der Waals surface area contributed by atoms with Gasteiger partial charge in [-0.05, 0) is 25.5 Å². The fraction of sp³-hybridized carbons (Fsp3) is 0.385. The van der Waals surface area contributed by atoms with Crippen molar-refractivity contribution in [3.05, 3.63) is 24.3 Å². The standard InChI is InChI=1S/C13H17N3O.BrH/c1-3-8-15-11-6-4-5-7-12(11)16(13(15)14)9-10(2)17;/h4-7,14H,3,8-9H2,1-2H3;1H/p+1. The Hall–Kier alpha value is -1.36. The molecule has 2 rings (SSSR count). The first-order valence-electron chi connectivity index (χ1n) is 5.91. The van der Waals surface area contributed by atoms with Crippen LogP contribution in [-0.2, 0) is 17.9 Å². The molecule has 0 aliphatic heterocycles. The number of rotatable bonds is 4. The summed E-state index contributed by atoms with van der Waals surface area (Å²) in [5.74, 6) is 0.768. The number of aryl methyl sites for hydroxylation is 1. The Bertz CT molecular complexity index is 563. The number of imidazole rings is 1. The summed E-state index contributed by atoms with van der Waals surface area (Å²) in [5, 5.41) is 0. The lowest BCUT2D eigenvalue weighted by Gasteiger charge is -1.98. The first-order valence-corrected chi connectivity index (χ1v) is 5.91. The van der Waals surface area contributed by atoms with Crippen molar-refractivity contribution >= 4 is 39.7 Å². The number of hydrogen-bond acceptors (Lipinski definition) is 2. The molecule has 0 unspecified atom stereocenters. The van der Waals surface area contributed by atoms with Crippen LogP contribution in [0.5, 0.6) is 0 Å². The van der Waals surface area contributed by atoms with Gasteiger partial charge < -0.3 is 0 Å². The summed E-state index contributed by atoms with van der Waals surface area (Å²) in [7, 11) is 0. The molecule has 0 radical (unpaired) electrons. The topological polar surface area (TPSA) is 51.9 Å². The number of carbonyl (C=O) groups is 1. The molecule has 0 aliphatic carbocycles. The van der Waals surface area contributed by atoms with Crippen LogP contribution in [0.3, 0.4) is 0 Å². The van der Waals surface area contributed by atoms with Crippen LogP contribution in [0, 0.1) is 0 Å². The fourth-order valence-corrected chi connectivity index (χ4v) is 2.16. The van der Waals surface area contributed by atoms with Crippen LogP contribution >= 0.6 is 17.0 Å². The van der Waals surface area contributed by atoms with E-state index in [0.717, 1.165) is 24.0 Å². The average molecular weight is 313 g/mol. The van der Waals surface area contributed by atoms with Crippen molar-refractivity contribution in [1.82, 2.24) is 4.57 Å². The second-order valence-electron chi connectivity index (χ2n) is 4.29. The predicted molar refractivity (Wildman–Crippen MR) is 77.8 cm³/mol. The molecule has 0 saturated heterocycles. The highest BCUT2D eigenvalue weighted by Crippen LogP contribution is 2.16. The number of ketones is 1. The maximum Gasteiger partial charge on any atom is 0.356 e. The van der Waals surface area contributed by atoms with E-state index in [4.69, 9.17) is 5.73 Å². The number of fused-ring (bicyclic) bond motifs is 1. The van der Waals surface area contributed by atoms with Crippen LogP contribution in [0.25, 0.3) is 11.0 Å². The largest absolute Gasteiger partial charge is 0.356 e. The Balaban J connectivity index is 0.00000162. The van der Waals surface area contributed by atoms with Gasteiger partial charge in [0.25, 0.3) is 0 Å². The minimum Gasteiger partial charge on any atom is -0.296 e. The monoisotopic (exact) mass is 312 g/mol. The molecule has 0 amide bonds. The van der Waals surface area contributed by atoms with Gasteiger partial charge in [-0.15, -0.1) is 17.0 Å². The molecule has 1 aromatic heterocycles. The van der Waals surface area contributed by atoms with Crippen molar-refractivity contribution in [2.45, 2.75) is 33.4 Å². The first kappa shape index (κ1) is 14.7. The molecular weight excluding hydrogens is 294 g/mol. The maximum absolute atomic E-state index is 11.3. The van der Waals surface area contributed by atoms with E-state index in [9.17, 15) is 4.79 Å². The van der Waals surface area contributed by atoms with Crippen LogP contribution in [-0.4, -0.2) is 10.4 Å². The Morgan fingerprint density at radius 3 is 2.67 bits per heavy atom. The van der Waals surface area contributed by atoms with Crippen molar-refractivity contribution in [3.63, 3.8) is 0 Å². The molecule has 0 saturated carbocycles. The van der Waals surface area contributed by atoms with Crippen LogP contribution in [0.2, 0.25) is 0 Å². The van der Waals surface area contributed by atoms with Crippen molar-refractivity contribution < 1.29 is 9.36 Å². The van der Waals surface area contributed by atoms with Gasteiger partial charge in [0.2, 0.25) is 0 Å². The van der Waals surface area contributed by atoms with Gasteiger partial charge in [0.1, 0.15) is 17.6 Å².